The molecule has 0 bridgehead atoms. The number of rotatable bonds is 5. The van der Waals surface area contributed by atoms with Gasteiger partial charge in [-0.25, -0.2) is 13.4 Å². The topological polar surface area (TPSA) is 102 Å². The first-order chi connectivity index (χ1) is 8.91. The maximum absolute atomic E-state index is 11.6. The summed E-state index contributed by atoms with van der Waals surface area (Å²) in [6.45, 7) is 1.02. The van der Waals surface area contributed by atoms with Crippen LogP contribution in [0.3, 0.4) is 0 Å². The highest BCUT2D eigenvalue weighted by molar-refractivity contribution is 7.88. The smallest absolute Gasteiger partial charge is 0.307 e. The van der Waals surface area contributed by atoms with Crippen LogP contribution in [0, 0.1) is 0 Å². The van der Waals surface area contributed by atoms with Crippen molar-refractivity contribution in [2.75, 3.05) is 26.5 Å². The average molecular weight is 289 g/mol. The molecule has 1 aromatic heterocycles. The Morgan fingerprint density at radius 1 is 1.53 bits per heavy atom. The van der Waals surface area contributed by atoms with Gasteiger partial charge < -0.3 is 14.5 Å². The molecule has 8 nitrogen and oxygen atoms in total. The minimum absolute atomic E-state index is 0.0470. The number of nitrogens with zero attached hydrogens (tertiary/aromatic N) is 2. The van der Waals surface area contributed by atoms with Crippen LogP contribution >= 0.6 is 0 Å². The molecule has 1 N–H and O–H groups in total. The van der Waals surface area contributed by atoms with Gasteiger partial charge in [0.1, 0.15) is 5.76 Å². The van der Waals surface area contributed by atoms with E-state index in [1.54, 1.807) is 0 Å². The van der Waals surface area contributed by atoms with Gasteiger partial charge in [-0.15, -0.1) is 0 Å². The quantitative estimate of drug-likeness (QED) is 0.721. The van der Waals surface area contributed by atoms with Crippen molar-refractivity contribution in [3.63, 3.8) is 0 Å². The van der Waals surface area contributed by atoms with Crippen molar-refractivity contribution < 1.29 is 22.4 Å². The van der Waals surface area contributed by atoms with Crippen LogP contribution in [0.4, 0.5) is 0 Å². The molecule has 1 amide bonds. The van der Waals surface area contributed by atoms with E-state index >= 15 is 0 Å². The third-order valence-corrected chi connectivity index (χ3v) is 3.88. The summed E-state index contributed by atoms with van der Waals surface area (Å²) < 4.78 is 34.0. The number of aromatic nitrogens is 1. The number of fused-ring (bicyclic) bond motifs is 1. The Morgan fingerprint density at radius 3 is 2.84 bits per heavy atom. The van der Waals surface area contributed by atoms with Gasteiger partial charge in [0.05, 0.1) is 31.6 Å². The second kappa shape index (κ2) is 5.27. The molecule has 0 aliphatic carbocycles. The number of oxazole rings is 1. The molecule has 106 valence electrons. The molecule has 0 aromatic carbocycles. The molecule has 1 aliphatic heterocycles. The maximum Gasteiger partial charge on any atom is 0.307 e. The lowest BCUT2D eigenvalue weighted by Crippen LogP contribution is -2.28. The molecule has 0 spiro atoms. The first kappa shape index (κ1) is 14.0. The highest BCUT2D eigenvalue weighted by atomic mass is 32.2. The van der Waals surface area contributed by atoms with Crippen LogP contribution in [-0.4, -0.2) is 50.1 Å². The third-order valence-electron chi connectivity index (χ3n) is 2.68. The predicted molar refractivity (Wildman–Crippen MR) is 64.8 cm³/mol. The number of hydrogen-bond acceptors (Lipinski definition) is 6. The van der Waals surface area contributed by atoms with E-state index in [1.165, 1.54) is 11.4 Å². The Kier molecular flexibility index (Phi) is 3.88. The Bertz CT molecular complexity index is 556. The fourth-order valence-electron chi connectivity index (χ4n) is 1.69. The predicted octanol–water partition coefficient (Wildman–Crippen LogP) is -0.674. The van der Waals surface area contributed by atoms with E-state index in [0.717, 1.165) is 6.26 Å². The molecule has 0 radical (unpaired) electrons. The van der Waals surface area contributed by atoms with Crippen LogP contribution in [0.15, 0.2) is 4.42 Å². The van der Waals surface area contributed by atoms with E-state index < -0.39 is 15.9 Å². The number of carbonyl (C=O) groups is 1. The van der Waals surface area contributed by atoms with Crippen LogP contribution in [0.1, 0.15) is 22.1 Å². The van der Waals surface area contributed by atoms with Crippen molar-refractivity contribution in [3.05, 3.63) is 17.3 Å². The molecule has 0 fully saturated rings. The summed E-state index contributed by atoms with van der Waals surface area (Å²) in [5.41, 5.74) is 0.488. The minimum atomic E-state index is -3.27. The van der Waals surface area contributed by atoms with Gasteiger partial charge in [-0.2, -0.15) is 4.31 Å². The number of carbonyl (C=O) groups excluding carboxylic acids is 1. The molecule has 1 aliphatic rings. The number of hydrogen-bond donors (Lipinski definition) is 1. The van der Waals surface area contributed by atoms with Gasteiger partial charge in [-0.3, -0.25) is 4.79 Å². The van der Waals surface area contributed by atoms with Gasteiger partial charge in [0.15, 0.2) is 0 Å². The van der Waals surface area contributed by atoms with Crippen molar-refractivity contribution in [1.29, 1.82) is 0 Å². The summed E-state index contributed by atoms with van der Waals surface area (Å²) in [6, 6.07) is 0. The lowest BCUT2D eigenvalue weighted by atomic mass is 10.4. The average Bonchev–Trinajstić information content (AvgIpc) is 2.85. The van der Waals surface area contributed by atoms with Crippen LogP contribution < -0.4 is 5.32 Å². The molecule has 2 heterocycles. The number of sulfonamides is 1. The van der Waals surface area contributed by atoms with E-state index in [-0.39, 0.29) is 19.0 Å². The van der Waals surface area contributed by atoms with Crippen LogP contribution in [-0.2, 0) is 27.8 Å². The van der Waals surface area contributed by atoms with Gasteiger partial charge in [-0.05, 0) is 0 Å². The van der Waals surface area contributed by atoms with E-state index in [4.69, 9.17) is 9.15 Å². The highest BCUT2D eigenvalue weighted by Gasteiger charge is 2.32. The zero-order chi connectivity index (χ0) is 14.0. The largest absolute Gasteiger partial charge is 0.436 e. The Hall–Kier alpha value is -1.45. The number of amides is 1. The summed E-state index contributed by atoms with van der Waals surface area (Å²) in [6.07, 6.45) is 1.12. The fourth-order valence-corrected chi connectivity index (χ4v) is 2.40. The van der Waals surface area contributed by atoms with Gasteiger partial charge in [0.2, 0.25) is 10.0 Å². The van der Waals surface area contributed by atoms with Gasteiger partial charge in [-0.1, -0.05) is 0 Å². The molecule has 0 saturated heterocycles. The highest BCUT2D eigenvalue weighted by Crippen LogP contribution is 2.25. The molecule has 1 aromatic rings. The van der Waals surface area contributed by atoms with Crippen molar-refractivity contribution in [2.24, 2.45) is 0 Å². The summed E-state index contributed by atoms with van der Waals surface area (Å²) in [5.74, 6) is -0.0612. The van der Waals surface area contributed by atoms with Crippen molar-refractivity contribution in [3.8, 4) is 0 Å². The molecule has 9 heteroatoms. The molecular formula is C10H15N3O5S. The maximum atomic E-state index is 11.6. The summed E-state index contributed by atoms with van der Waals surface area (Å²) in [5, 5.41) is 2.58. The standard InChI is InChI=1S/C10H15N3O5S/c1-17-4-3-11-9(14)10-12-7-5-13(19(2,15)16)6-8(7)18-10/h3-6H2,1-2H3,(H,11,14). The van der Waals surface area contributed by atoms with Gasteiger partial charge in [0.25, 0.3) is 5.89 Å². The van der Waals surface area contributed by atoms with E-state index in [1.807, 2.05) is 0 Å². The fraction of sp³-hybridized carbons (Fsp3) is 0.600. The Morgan fingerprint density at radius 2 is 2.26 bits per heavy atom. The van der Waals surface area contributed by atoms with Crippen molar-refractivity contribution in [2.45, 2.75) is 13.1 Å². The number of methoxy groups -OCH3 is 1. The summed E-state index contributed by atoms with van der Waals surface area (Å²) in [7, 11) is -1.74. The first-order valence-electron chi connectivity index (χ1n) is 5.62. The SMILES string of the molecule is COCCNC(=O)c1nc2c(o1)CN(S(C)(=O)=O)C2. The zero-order valence-corrected chi connectivity index (χ0v) is 11.5. The minimum Gasteiger partial charge on any atom is -0.436 e. The van der Waals surface area contributed by atoms with Crippen LogP contribution in [0.5, 0.6) is 0 Å². The molecule has 0 atom stereocenters. The molecule has 19 heavy (non-hydrogen) atoms. The lowest BCUT2D eigenvalue weighted by Gasteiger charge is -2.10. The van der Waals surface area contributed by atoms with Gasteiger partial charge >= 0.3 is 5.91 Å². The van der Waals surface area contributed by atoms with Crippen molar-refractivity contribution >= 4 is 15.9 Å². The van der Waals surface area contributed by atoms with E-state index in [0.29, 0.717) is 24.6 Å². The monoisotopic (exact) mass is 289 g/mol. The Balaban J connectivity index is 2.01. The lowest BCUT2D eigenvalue weighted by molar-refractivity contribution is 0.0899. The van der Waals surface area contributed by atoms with Gasteiger partial charge in [0, 0.05) is 13.7 Å². The summed E-state index contributed by atoms with van der Waals surface area (Å²) in [4.78, 5) is 15.7. The molecule has 0 saturated carbocycles. The van der Waals surface area contributed by atoms with Crippen molar-refractivity contribution in [1.82, 2.24) is 14.6 Å². The second-order valence-electron chi connectivity index (χ2n) is 4.17. The number of nitrogens with one attached hydrogen (secondary N) is 1. The normalized spacial score (nSPS) is 15.5. The Labute approximate surface area is 110 Å². The van der Waals surface area contributed by atoms with Crippen LogP contribution in [0.2, 0.25) is 0 Å². The zero-order valence-electron chi connectivity index (χ0n) is 10.7. The third kappa shape index (κ3) is 3.11. The van der Waals surface area contributed by atoms with Crippen LogP contribution in [0.25, 0.3) is 0 Å². The van der Waals surface area contributed by atoms with E-state index in [2.05, 4.69) is 10.3 Å². The molecule has 2 rings (SSSR count). The summed E-state index contributed by atoms with van der Waals surface area (Å²) >= 11 is 0. The first-order valence-corrected chi connectivity index (χ1v) is 7.47. The second-order valence-corrected chi connectivity index (χ2v) is 6.15. The molecular weight excluding hydrogens is 274 g/mol. The van der Waals surface area contributed by atoms with E-state index in [9.17, 15) is 13.2 Å². The number of ether oxygens (including phenoxy) is 1. The molecule has 0 unspecified atom stereocenters.